The predicted molar refractivity (Wildman–Crippen MR) is 58.3 cm³/mol. The van der Waals surface area contributed by atoms with Crippen LogP contribution < -0.4 is 0 Å². The van der Waals surface area contributed by atoms with Crippen molar-refractivity contribution in [1.29, 1.82) is 0 Å². The van der Waals surface area contributed by atoms with Crippen LogP contribution in [0.1, 0.15) is 5.56 Å². The van der Waals surface area contributed by atoms with E-state index in [0.29, 0.717) is 6.42 Å². The standard InChI is InChI=1S/C10H8BrNO2/c1-2-9(11)7-8-3-5-10(6-4-8)12(13)14/h1,3-6,9H,7H2. The van der Waals surface area contributed by atoms with Gasteiger partial charge in [-0.15, -0.1) is 6.42 Å². The molecule has 0 aliphatic rings. The topological polar surface area (TPSA) is 43.1 Å². The zero-order valence-corrected chi connectivity index (χ0v) is 8.90. The Balaban J connectivity index is 2.75. The molecular weight excluding hydrogens is 246 g/mol. The summed E-state index contributed by atoms with van der Waals surface area (Å²) in [5.41, 5.74) is 1.08. The SMILES string of the molecule is C#CC(Br)Cc1ccc([N+](=O)[O-])cc1. The van der Waals surface area contributed by atoms with E-state index in [0.717, 1.165) is 5.56 Å². The van der Waals surface area contributed by atoms with Crippen molar-refractivity contribution in [3.63, 3.8) is 0 Å². The minimum Gasteiger partial charge on any atom is -0.258 e. The van der Waals surface area contributed by atoms with E-state index in [9.17, 15) is 10.1 Å². The monoisotopic (exact) mass is 253 g/mol. The maximum Gasteiger partial charge on any atom is 0.269 e. The summed E-state index contributed by atoms with van der Waals surface area (Å²) in [6.45, 7) is 0. The molecule has 0 spiro atoms. The van der Waals surface area contributed by atoms with Gasteiger partial charge < -0.3 is 0 Å². The van der Waals surface area contributed by atoms with Gasteiger partial charge in [0.05, 0.1) is 9.75 Å². The summed E-state index contributed by atoms with van der Waals surface area (Å²) in [7, 11) is 0. The van der Waals surface area contributed by atoms with E-state index >= 15 is 0 Å². The lowest BCUT2D eigenvalue weighted by Crippen LogP contribution is -1.98. The molecule has 0 fully saturated rings. The molecule has 1 unspecified atom stereocenters. The van der Waals surface area contributed by atoms with Gasteiger partial charge in [-0.2, -0.15) is 0 Å². The molecule has 1 atom stereocenters. The van der Waals surface area contributed by atoms with E-state index in [-0.39, 0.29) is 10.5 Å². The third-order valence-electron chi connectivity index (χ3n) is 1.74. The molecule has 1 aromatic rings. The van der Waals surface area contributed by atoms with Crippen molar-refractivity contribution in [1.82, 2.24) is 0 Å². The molecule has 0 amide bonds. The van der Waals surface area contributed by atoms with Crippen molar-refractivity contribution in [3.05, 3.63) is 39.9 Å². The van der Waals surface area contributed by atoms with E-state index in [1.165, 1.54) is 12.1 Å². The van der Waals surface area contributed by atoms with Crippen LogP contribution in [0.25, 0.3) is 0 Å². The van der Waals surface area contributed by atoms with Gasteiger partial charge in [-0.3, -0.25) is 10.1 Å². The molecule has 14 heavy (non-hydrogen) atoms. The van der Waals surface area contributed by atoms with Crippen molar-refractivity contribution >= 4 is 21.6 Å². The summed E-state index contributed by atoms with van der Waals surface area (Å²) in [6, 6.07) is 6.38. The smallest absolute Gasteiger partial charge is 0.258 e. The van der Waals surface area contributed by atoms with Crippen LogP contribution >= 0.6 is 15.9 Å². The Kier molecular flexibility index (Phi) is 3.66. The van der Waals surface area contributed by atoms with Crippen LogP contribution in [0.5, 0.6) is 0 Å². The number of nitro benzene ring substituents is 1. The van der Waals surface area contributed by atoms with Crippen LogP contribution in [-0.2, 0) is 6.42 Å². The fraction of sp³-hybridized carbons (Fsp3) is 0.200. The van der Waals surface area contributed by atoms with Gasteiger partial charge >= 0.3 is 0 Å². The fourth-order valence-corrected chi connectivity index (χ4v) is 1.39. The largest absolute Gasteiger partial charge is 0.269 e. The molecule has 3 nitrogen and oxygen atoms in total. The normalized spacial score (nSPS) is 11.7. The van der Waals surface area contributed by atoms with Gasteiger partial charge in [-0.25, -0.2) is 0 Å². The van der Waals surface area contributed by atoms with Crippen molar-refractivity contribution in [2.45, 2.75) is 11.2 Å². The maximum absolute atomic E-state index is 10.4. The number of hydrogen-bond acceptors (Lipinski definition) is 2. The first kappa shape index (κ1) is 10.7. The number of rotatable bonds is 3. The van der Waals surface area contributed by atoms with E-state index < -0.39 is 4.92 Å². The first-order chi connectivity index (χ1) is 6.63. The third kappa shape index (κ3) is 2.86. The van der Waals surface area contributed by atoms with E-state index in [2.05, 4.69) is 21.9 Å². The molecule has 72 valence electrons. The lowest BCUT2D eigenvalue weighted by Gasteiger charge is -2.01. The Hall–Kier alpha value is -1.34. The van der Waals surface area contributed by atoms with Crippen molar-refractivity contribution in [2.24, 2.45) is 0 Å². The van der Waals surface area contributed by atoms with Gasteiger partial charge in [0.2, 0.25) is 0 Å². The highest BCUT2D eigenvalue weighted by molar-refractivity contribution is 9.09. The molecule has 0 bridgehead atoms. The van der Waals surface area contributed by atoms with Gasteiger partial charge in [-0.1, -0.05) is 34.0 Å². The second-order valence-corrected chi connectivity index (χ2v) is 3.87. The second-order valence-electron chi connectivity index (χ2n) is 2.76. The Labute approximate surface area is 90.4 Å². The Bertz CT molecular complexity index is 367. The summed E-state index contributed by atoms with van der Waals surface area (Å²) in [4.78, 5) is 9.91. The highest BCUT2D eigenvalue weighted by Crippen LogP contribution is 2.14. The van der Waals surface area contributed by atoms with Crippen LogP contribution in [0.15, 0.2) is 24.3 Å². The summed E-state index contributed by atoms with van der Waals surface area (Å²) >= 11 is 3.29. The van der Waals surface area contributed by atoms with Crippen LogP contribution in [-0.4, -0.2) is 9.75 Å². The quantitative estimate of drug-likeness (QED) is 0.360. The lowest BCUT2D eigenvalue weighted by molar-refractivity contribution is -0.384. The van der Waals surface area contributed by atoms with Crippen LogP contribution in [0, 0.1) is 22.5 Å². The minimum absolute atomic E-state index is 0.0241. The van der Waals surface area contributed by atoms with Gasteiger partial charge in [-0.05, 0) is 12.0 Å². The maximum atomic E-state index is 10.4. The summed E-state index contributed by atoms with van der Waals surface area (Å²) < 4.78 is 0. The van der Waals surface area contributed by atoms with Crippen LogP contribution in [0.3, 0.4) is 0 Å². The first-order valence-corrected chi connectivity index (χ1v) is 4.88. The fourth-order valence-electron chi connectivity index (χ4n) is 1.02. The summed E-state index contributed by atoms with van der Waals surface area (Å²) in [6.07, 6.45) is 5.87. The molecule has 1 rings (SSSR count). The van der Waals surface area contributed by atoms with Crippen molar-refractivity contribution in [2.75, 3.05) is 0 Å². The molecule has 0 aromatic heterocycles. The average Bonchev–Trinajstić information content (AvgIpc) is 2.18. The Morgan fingerprint density at radius 2 is 2.07 bits per heavy atom. The number of nitrogens with zero attached hydrogens (tertiary/aromatic N) is 1. The van der Waals surface area contributed by atoms with Crippen molar-refractivity contribution in [3.8, 4) is 12.3 Å². The molecule has 0 aliphatic heterocycles. The zero-order valence-electron chi connectivity index (χ0n) is 7.31. The summed E-state index contributed by atoms with van der Waals surface area (Å²) in [5, 5.41) is 10.4. The third-order valence-corrected chi connectivity index (χ3v) is 2.33. The predicted octanol–water partition coefficient (Wildman–Crippen LogP) is 2.53. The number of nitro groups is 1. The van der Waals surface area contributed by atoms with Gasteiger partial charge in [0.25, 0.3) is 5.69 Å². The summed E-state index contributed by atoms with van der Waals surface area (Å²) in [5.74, 6) is 2.53. The minimum atomic E-state index is -0.420. The molecule has 0 saturated carbocycles. The van der Waals surface area contributed by atoms with E-state index in [1.807, 2.05) is 0 Å². The number of alkyl halides is 1. The molecule has 0 aliphatic carbocycles. The number of terminal acetylenes is 1. The number of hydrogen-bond donors (Lipinski definition) is 0. The van der Waals surface area contributed by atoms with Gasteiger partial charge in [0.15, 0.2) is 0 Å². The Morgan fingerprint density at radius 1 is 1.50 bits per heavy atom. The molecule has 1 aromatic carbocycles. The van der Waals surface area contributed by atoms with Crippen LogP contribution in [0.2, 0.25) is 0 Å². The first-order valence-electron chi connectivity index (χ1n) is 3.97. The molecule has 0 heterocycles. The lowest BCUT2D eigenvalue weighted by atomic mass is 10.1. The van der Waals surface area contributed by atoms with Gasteiger partial charge in [0, 0.05) is 12.1 Å². The molecule has 0 N–H and O–H groups in total. The van der Waals surface area contributed by atoms with Crippen LogP contribution in [0.4, 0.5) is 5.69 Å². The van der Waals surface area contributed by atoms with Gasteiger partial charge in [0.1, 0.15) is 0 Å². The molecular formula is C10H8BrNO2. The molecule has 0 radical (unpaired) electrons. The number of halogens is 1. The number of benzene rings is 1. The molecule has 4 heteroatoms. The Morgan fingerprint density at radius 3 is 2.50 bits per heavy atom. The highest BCUT2D eigenvalue weighted by atomic mass is 79.9. The second kappa shape index (κ2) is 4.77. The van der Waals surface area contributed by atoms with E-state index in [4.69, 9.17) is 6.42 Å². The number of non-ortho nitro benzene ring substituents is 1. The van der Waals surface area contributed by atoms with Crippen molar-refractivity contribution < 1.29 is 4.92 Å². The highest BCUT2D eigenvalue weighted by Gasteiger charge is 2.05. The van der Waals surface area contributed by atoms with E-state index in [1.54, 1.807) is 12.1 Å². The zero-order chi connectivity index (χ0) is 10.6. The molecule has 0 saturated heterocycles. The average molecular weight is 254 g/mol.